The number of benzene rings is 1. The Balaban J connectivity index is 1.99. The van der Waals surface area contributed by atoms with Gasteiger partial charge in [0.25, 0.3) is 0 Å². The van der Waals surface area contributed by atoms with E-state index in [1.54, 1.807) is 0 Å². The maximum atomic E-state index is 3.59. The van der Waals surface area contributed by atoms with Gasteiger partial charge < -0.3 is 12.9 Å². The molecule has 14 heavy (non-hydrogen) atoms. The molecule has 0 aliphatic heterocycles. The van der Waals surface area contributed by atoms with E-state index in [0.717, 1.165) is 0 Å². The molecule has 0 heterocycles. The number of halogens is 1. The van der Waals surface area contributed by atoms with E-state index in [4.69, 9.17) is 0 Å². The lowest BCUT2D eigenvalue weighted by atomic mass is 10.1. The summed E-state index contributed by atoms with van der Waals surface area (Å²) in [5.74, 6) is 0. The van der Waals surface area contributed by atoms with E-state index < -0.39 is 0 Å². The van der Waals surface area contributed by atoms with Crippen molar-refractivity contribution in [2.24, 2.45) is 0 Å². The van der Waals surface area contributed by atoms with Gasteiger partial charge in [-0.15, -0.1) is 4.55 Å². The van der Waals surface area contributed by atoms with Crippen molar-refractivity contribution in [3.63, 3.8) is 0 Å². The first kappa shape index (κ1) is 12.5. The Morgan fingerprint density at radius 3 is 2.36 bits per heavy atom. The van der Waals surface area contributed by atoms with Crippen LogP contribution < -0.4 is 0 Å². The van der Waals surface area contributed by atoms with Gasteiger partial charge in [-0.1, -0.05) is 49.6 Å². The zero-order valence-corrected chi connectivity index (χ0v) is 11.7. The third-order valence-electron chi connectivity index (χ3n) is 2.44. The third kappa shape index (κ3) is 6.04. The standard InChI is InChI=1S/C12H17.BrH.Mg/c1-2-3-4-6-9-12-10-7-5-8-11-12;;/h5,7-8,10-11H,1-4,6,9H2;1H;/q;;+1/p-1. The van der Waals surface area contributed by atoms with Gasteiger partial charge in [0.05, 0.1) is 0 Å². The molecule has 1 rings (SSSR count). The van der Waals surface area contributed by atoms with E-state index in [0.29, 0.717) is 0 Å². The summed E-state index contributed by atoms with van der Waals surface area (Å²) in [5, 5.41) is 0. The number of unbranched alkanes of at least 4 members (excludes halogenated alkanes) is 3. The average Bonchev–Trinajstić information content (AvgIpc) is 2.25. The van der Waals surface area contributed by atoms with E-state index in [2.05, 4.69) is 43.2 Å². The molecule has 0 aliphatic carbocycles. The zero-order valence-electron chi connectivity index (χ0n) is 8.71. The first-order valence-corrected chi connectivity index (χ1v) is 10.4. The van der Waals surface area contributed by atoms with Crippen LogP contribution in [-0.4, -0.2) is 18.2 Å². The van der Waals surface area contributed by atoms with Crippen LogP contribution in [0.15, 0.2) is 30.3 Å². The molecule has 0 radical (unpaired) electrons. The highest BCUT2D eigenvalue weighted by Crippen LogP contribution is 2.09. The van der Waals surface area contributed by atoms with E-state index in [9.17, 15) is 0 Å². The molecule has 0 aliphatic rings. The quantitative estimate of drug-likeness (QED) is 0.511. The molecule has 0 spiro atoms. The normalized spacial score (nSPS) is 9.79. The Morgan fingerprint density at radius 1 is 0.929 bits per heavy atom. The van der Waals surface area contributed by atoms with Crippen molar-refractivity contribution in [1.82, 2.24) is 0 Å². The molecule has 0 unspecified atom stereocenters. The van der Waals surface area contributed by atoms with Gasteiger partial charge >= 0.3 is 18.2 Å². The molecule has 0 amide bonds. The minimum absolute atomic E-state index is 0.142. The van der Waals surface area contributed by atoms with Gasteiger partial charge in [0.2, 0.25) is 0 Å². The molecule has 0 atom stereocenters. The molecule has 0 nitrogen and oxygen atoms in total. The Morgan fingerprint density at radius 2 is 1.64 bits per heavy atom. The van der Waals surface area contributed by atoms with Gasteiger partial charge in [0.15, 0.2) is 0 Å². The van der Waals surface area contributed by atoms with E-state index >= 15 is 0 Å². The Bertz CT molecular complexity index is 223. The highest BCUT2D eigenvalue weighted by atomic mass is 79.9. The Hall–Kier alpha value is 0.466. The smallest absolute Gasteiger partial charge is 0.307 e. The van der Waals surface area contributed by atoms with Crippen LogP contribution in [0.4, 0.5) is 0 Å². The highest BCUT2D eigenvalue weighted by molar-refractivity contribution is 9.23. The van der Waals surface area contributed by atoms with Crippen molar-refractivity contribution in [2.45, 2.75) is 36.7 Å². The van der Waals surface area contributed by atoms with Gasteiger partial charge in [-0.3, -0.25) is 0 Å². The summed E-state index contributed by atoms with van der Waals surface area (Å²) in [6.07, 6.45) is 6.87. The Labute approximate surface area is 103 Å². The van der Waals surface area contributed by atoms with Gasteiger partial charge in [0, 0.05) is 0 Å². The summed E-state index contributed by atoms with van der Waals surface area (Å²) in [6, 6.07) is 10.8. The predicted molar refractivity (Wildman–Crippen MR) is 68.1 cm³/mol. The zero-order chi connectivity index (χ0) is 10.1. The van der Waals surface area contributed by atoms with Gasteiger partial charge in [-0.2, -0.15) is 0 Å². The maximum absolute atomic E-state index is 3.59. The topological polar surface area (TPSA) is 0 Å². The molecule has 74 valence electrons. The minimum Gasteiger partial charge on any atom is -0.307 e. The molecule has 0 N–H and O–H groups in total. The van der Waals surface area contributed by atoms with Crippen molar-refractivity contribution in [3.05, 3.63) is 35.9 Å². The van der Waals surface area contributed by atoms with E-state index in [1.807, 2.05) is 0 Å². The van der Waals surface area contributed by atoms with Crippen molar-refractivity contribution in [1.29, 1.82) is 0 Å². The lowest BCUT2D eigenvalue weighted by molar-refractivity contribution is 0.666. The van der Waals surface area contributed by atoms with Crippen LogP contribution in [0.3, 0.4) is 0 Å². The van der Waals surface area contributed by atoms with E-state index in [-0.39, 0.29) is 18.2 Å². The summed E-state index contributed by atoms with van der Waals surface area (Å²) in [6.45, 7) is 0. The lowest BCUT2D eigenvalue weighted by Crippen LogP contribution is -1.86. The van der Waals surface area contributed by atoms with Crippen molar-refractivity contribution in [2.75, 3.05) is 0 Å². The summed E-state index contributed by atoms with van der Waals surface area (Å²) < 4.78 is 1.46. The van der Waals surface area contributed by atoms with Crippen LogP contribution in [0.1, 0.15) is 31.2 Å². The van der Waals surface area contributed by atoms with Crippen LogP contribution in [0, 0.1) is 0 Å². The molecule has 1 aromatic carbocycles. The van der Waals surface area contributed by atoms with E-state index in [1.165, 1.54) is 42.2 Å². The number of rotatable bonds is 7. The molecule has 0 saturated carbocycles. The minimum atomic E-state index is 0.142. The molecule has 2 heteroatoms. The highest BCUT2D eigenvalue weighted by Gasteiger charge is 1.93. The summed E-state index contributed by atoms with van der Waals surface area (Å²) in [4.78, 5) is 0. The van der Waals surface area contributed by atoms with Crippen molar-refractivity contribution in [3.8, 4) is 0 Å². The molecule has 0 aromatic heterocycles. The fraction of sp³-hybridized carbons (Fsp3) is 0.500. The van der Waals surface area contributed by atoms with Gasteiger partial charge in [0.1, 0.15) is 0 Å². The predicted octanol–water partition coefficient (Wildman–Crippen LogP) is 4.22. The number of hydrogen-bond donors (Lipinski definition) is 0. The molecular formula is C12H17BrMg. The summed E-state index contributed by atoms with van der Waals surface area (Å²) in [5.41, 5.74) is 1.49. The summed E-state index contributed by atoms with van der Waals surface area (Å²) >= 11 is 3.74. The number of aryl methyl sites for hydroxylation is 1. The average molecular weight is 265 g/mol. The fourth-order valence-electron chi connectivity index (χ4n) is 1.60. The fourth-order valence-corrected chi connectivity index (χ4v) is 3.33. The van der Waals surface area contributed by atoms with Crippen LogP contribution in [-0.2, 0) is 6.42 Å². The second-order valence-corrected chi connectivity index (χ2v) is 7.16. The molecule has 1 aromatic rings. The number of hydrogen-bond acceptors (Lipinski definition) is 0. The first-order valence-electron chi connectivity index (χ1n) is 5.53. The molecule has 0 bridgehead atoms. The first-order chi connectivity index (χ1) is 6.93. The maximum Gasteiger partial charge on any atom is 0.468 e. The largest absolute Gasteiger partial charge is 0.468 e. The van der Waals surface area contributed by atoms with Crippen LogP contribution in [0.25, 0.3) is 0 Å². The van der Waals surface area contributed by atoms with Crippen LogP contribution in [0.2, 0.25) is 4.55 Å². The second kappa shape index (κ2) is 8.75. The molecule has 0 fully saturated rings. The van der Waals surface area contributed by atoms with Crippen LogP contribution >= 0.6 is 12.9 Å². The second-order valence-electron chi connectivity index (χ2n) is 3.69. The van der Waals surface area contributed by atoms with Gasteiger partial charge in [-0.05, 0) is 18.4 Å². The van der Waals surface area contributed by atoms with Crippen LogP contribution in [0.5, 0.6) is 0 Å². The molecule has 0 saturated heterocycles. The Kier molecular flexibility index (Phi) is 7.83. The molecular weight excluding hydrogens is 248 g/mol. The lowest BCUT2D eigenvalue weighted by Gasteiger charge is -2.00. The van der Waals surface area contributed by atoms with Crippen molar-refractivity contribution < 1.29 is 0 Å². The van der Waals surface area contributed by atoms with Crippen molar-refractivity contribution >= 4 is 31.1 Å². The monoisotopic (exact) mass is 264 g/mol. The SMILES string of the molecule is [Br][Mg][CH2]CCCCCc1ccccc1. The third-order valence-corrected chi connectivity index (χ3v) is 4.89. The summed E-state index contributed by atoms with van der Waals surface area (Å²) in [7, 11) is 0. The van der Waals surface area contributed by atoms with Gasteiger partial charge in [-0.25, -0.2) is 0 Å².